The molecule has 1 saturated heterocycles. The summed E-state index contributed by atoms with van der Waals surface area (Å²) < 4.78 is 1.63. The maximum atomic E-state index is 12.9. The van der Waals surface area contributed by atoms with E-state index in [0.717, 1.165) is 38.0 Å². The fourth-order valence-electron chi connectivity index (χ4n) is 3.11. The highest BCUT2D eigenvalue weighted by molar-refractivity contribution is 5.83. The van der Waals surface area contributed by atoms with Crippen LogP contribution >= 0.6 is 0 Å². The molecule has 0 radical (unpaired) electrons. The van der Waals surface area contributed by atoms with E-state index < -0.39 is 5.54 Å². The Kier molecular flexibility index (Phi) is 3.96. The number of hydrogen-bond donors (Lipinski definition) is 1. The SMILES string of the molecule is CC(C)(C(=O)N1CCCC(Cc2ccn[nH]2)C1)n1cncn1. The quantitative estimate of drug-likeness (QED) is 0.921. The molecule has 2 aromatic rings. The average molecular weight is 302 g/mol. The van der Waals surface area contributed by atoms with Crippen LogP contribution in [0, 0.1) is 5.92 Å². The molecule has 118 valence electrons. The van der Waals surface area contributed by atoms with Crippen molar-refractivity contribution in [1.82, 2.24) is 29.9 Å². The number of piperidine rings is 1. The Bertz CT molecular complexity index is 604. The molecule has 7 nitrogen and oxygen atoms in total. The summed E-state index contributed by atoms with van der Waals surface area (Å²) in [7, 11) is 0. The molecule has 3 heterocycles. The second-order valence-corrected chi connectivity index (χ2v) is 6.44. The Morgan fingerprint density at radius 1 is 1.50 bits per heavy atom. The first kappa shape index (κ1) is 14.7. The van der Waals surface area contributed by atoms with Gasteiger partial charge in [-0.1, -0.05) is 0 Å². The van der Waals surface area contributed by atoms with Crippen LogP contribution in [0.15, 0.2) is 24.9 Å². The molecule has 1 atom stereocenters. The highest BCUT2D eigenvalue weighted by atomic mass is 16.2. The normalized spacial score (nSPS) is 19.4. The summed E-state index contributed by atoms with van der Waals surface area (Å²) >= 11 is 0. The molecule has 1 aliphatic rings. The molecule has 0 bridgehead atoms. The van der Waals surface area contributed by atoms with Crippen LogP contribution in [-0.2, 0) is 16.8 Å². The van der Waals surface area contributed by atoms with Crippen molar-refractivity contribution in [3.63, 3.8) is 0 Å². The van der Waals surface area contributed by atoms with Gasteiger partial charge in [0.2, 0.25) is 5.91 Å². The minimum atomic E-state index is -0.702. The van der Waals surface area contributed by atoms with Gasteiger partial charge in [-0.15, -0.1) is 0 Å². The third-order valence-electron chi connectivity index (χ3n) is 4.39. The molecule has 0 saturated carbocycles. The van der Waals surface area contributed by atoms with Gasteiger partial charge in [-0.2, -0.15) is 10.2 Å². The van der Waals surface area contributed by atoms with E-state index in [9.17, 15) is 4.79 Å². The summed E-state index contributed by atoms with van der Waals surface area (Å²) in [6, 6.07) is 2.00. The number of amides is 1. The van der Waals surface area contributed by atoms with Gasteiger partial charge in [0.05, 0.1) is 0 Å². The molecule has 1 amide bonds. The number of aromatic amines is 1. The van der Waals surface area contributed by atoms with Gasteiger partial charge in [0, 0.05) is 25.0 Å². The molecule has 1 N–H and O–H groups in total. The first-order valence-electron chi connectivity index (χ1n) is 7.70. The van der Waals surface area contributed by atoms with Crippen LogP contribution in [-0.4, -0.2) is 48.9 Å². The molecule has 0 spiro atoms. The number of aromatic nitrogens is 5. The van der Waals surface area contributed by atoms with Crippen molar-refractivity contribution in [2.45, 2.75) is 38.6 Å². The van der Waals surface area contributed by atoms with Crippen LogP contribution in [0.4, 0.5) is 0 Å². The smallest absolute Gasteiger partial charge is 0.250 e. The van der Waals surface area contributed by atoms with E-state index in [-0.39, 0.29) is 5.91 Å². The third-order valence-corrected chi connectivity index (χ3v) is 4.39. The Morgan fingerprint density at radius 3 is 3.05 bits per heavy atom. The molecule has 1 unspecified atom stereocenters. The summed E-state index contributed by atoms with van der Waals surface area (Å²) in [4.78, 5) is 18.8. The van der Waals surface area contributed by atoms with E-state index in [1.165, 1.54) is 6.33 Å². The van der Waals surface area contributed by atoms with Gasteiger partial charge in [0.1, 0.15) is 18.2 Å². The van der Waals surface area contributed by atoms with Crippen molar-refractivity contribution in [2.75, 3.05) is 13.1 Å². The topological polar surface area (TPSA) is 79.7 Å². The number of nitrogens with one attached hydrogen (secondary N) is 1. The minimum Gasteiger partial charge on any atom is -0.340 e. The van der Waals surface area contributed by atoms with Crippen molar-refractivity contribution in [1.29, 1.82) is 0 Å². The van der Waals surface area contributed by atoms with Gasteiger partial charge < -0.3 is 4.90 Å². The molecule has 1 aliphatic heterocycles. The second kappa shape index (κ2) is 5.90. The van der Waals surface area contributed by atoms with Gasteiger partial charge in [-0.3, -0.25) is 9.89 Å². The zero-order chi connectivity index (χ0) is 15.6. The van der Waals surface area contributed by atoms with Gasteiger partial charge in [-0.25, -0.2) is 9.67 Å². The maximum Gasteiger partial charge on any atom is 0.250 e. The van der Waals surface area contributed by atoms with Crippen LogP contribution in [0.5, 0.6) is 0 Å². The summed E-state index contributed by atoms with van der Waals surface area (Å²) in [5.74, 6) is 0.581. The summed E-state index contributed by atoms with van der Waals surface area (Å²) in [5, 5.41) is 11.1. The number of carbonyl (C=O) groups is 1. The van der Waals surface area contributed by atoms with Crippen molar-refractivity contribution in [3.05, 3.63) is 30.6 Å². The van der Waals surface area contributed by atoms with Gasteiger partial charge in [0.15, 0.2) is 0 Å². The van der Waals surface area contributed by atoms with E-state index in [2.05, 4.69) is 20.3 Å². The largest absolute Gasteiger partial charge is 0.340 e. The fraction of sp³-hybridized carbons (Fsp3) is 0.600. The molecule has 22 heavy (non-hydrogen) atoms. The predicted molar refractivity (Wildman–Crippen MR) is 80.9 cm³/mol. The van der Waals surface area contributed by atoms with E-state index in [4.69, 9.17) is 0 Å². The lowest BCUT2D eigenvalue weighted by atomic mass is 9.92. The van der Waals surface area contributed by atoms with Crippen LogP contribution in [0.3, 0.4) is 0 Å². The molecule has 2 aromatic heterocycles. The molecular formula is C15H22N6O. The van der Waals surface area contributed by atoms with Crippen molar-refractivity contribution in [3.8, 4) is 0 Å². The monoisotopic (exact) mass is 302 g/mol. The van der Waals surface area contributed by atoms with E-state index in [1.807, 2.05) is 24.8 Å². The van der Waals surface area contributed by atoms with Crippen molar-refractivity contribution < 1.29 is 4.79 Å². The van der Waals surface area contributed by atoms with E-state index >= 15 is 0 Å². The first-order valence-corrected chi connectivity index (χ1v) is 7.70. The highest BCUT2D eigenvalue weighted by Gasteiger charge is 2.36. The Morgan fingerprint density at radius 2 is 2.36 bits per heavy atom. The lowest BCUT2D eigenvalue weighted by molar-refractivity contribution is -0.141. The Hall–Kier alpha value is -2.18. The average Bonchev–Trinajstić information content (AvgIpc) is 3.20. The van der Waals surface area contributed by atoms with Gasteiger partial charge in [-0.05, 0) is 45.1 Å². The molecule has 7 heteroatoms. The lowest BCUT2D eigenvalue weighted by Crippen LogP contribution is -2.50. The van der Waals surface area contributed by atoms with Gasteiger partial charge in [0.25, 0.3) is 0 Å². The van der Waals surface area contributed by atoms with Crippen LogP contribution in [0.1, 0.15) is 32.4 Å². The summed E-state index contributed by atoms with van der Waals surface area (Å²) in [6.45, 7) is 5.39. The molecular weight excluding hydrogens is 280 g/mol. The number of rotatable bonds is 4. The number of carbonyl (C=O) groups excluding carboxylic acids is 1. The highest BCUT2D eigenvalue weighted by Crippen LogP contribution is 2.24. The number of likely N-dealkylation sites (tertiary alicyclic amines) is 1. The number of hydrogen-bond acceptors (Lipinski definition) is 4. The molecule has 0 aliphatic carbocycles. The number of H-pyrrole nitrogens is 1. The van der Waals surface area contributed by atoms with E-state index in [0.29, 0.717) is 5.92 Å². The maximum absolute atomic E-state index is 12.9. The minimum absolute atomic E-state index is 0.104. The molecule has 1 fully saturated rings. The zero-order valence-corrected chi connectivity index (χ0v) is 13.1. The standard InChI is InChI=1S/C15H22N6O/c1-15(2,21-11-16-10-18-21)14(22)20-7-3-4-12(9-20)8-13-5-6-17-19-13/h5-6,10-12H,3-4,7-9H2,1-2H3,(H,17,19). The molecule has 3 rings (SSSR count). The zero-order valence-electron chi connectivity index (χ0n) is 13.1. The van der Waals surface area contributed by atoms with E-state index in [1.54, 1.807) is 17.2 Å². The molecule has 0 aromatic carbocycles. The van der Waals surface area contributed by atoms with Crippen LogP contribution < -0.4 is 0 Å². The Balaban J connectivity index is 1.67. The second-order valence-electron chi connectivity index (χ2n) is 6.44. The van der Waals surface area contributed by atoms with Crippen LogP contribution in [0.25, 0.3) is 0 Å². The lowest BCUT2D eigenvalue weighted by Gasteiger charge is -2.37. The third kappa shape index (κ3) is 2.88. The summed E-state index contributed by atoms with van der Waals surface area (Å²) in [6.07, 6.45) is 7.96. The van der Waals surface area contributed by atoms with Crippen LogP contribution in [0.2, 0.25) is 0 Å². The summed E-state index contributed by atoms with van der Waals surface area (Å²) in [5.41, 5.74) is 0.432. The number of nitrogens with zero attached hydrogens (tertiary/aromatic N) is 5. The fourth-order valence-corrected chi connectivity index (χ4v) is 3.11. The first-order chi connectivity index (χ1) is 10.6. The predicted octanol–water partition coefficient (Wildman–Crippen LogP) is 1.22. The van der Waals surface area contributed by atoms with Crippen molar-refractivity contribution in [2.24, 2.45) is 5.92 Å². The van der Waals surface area contributed by atoms with Gasteiger partial charge >= 0.3 is 0 Å². The van der Waals surface area contributed by atoms with Crippen molar-refractivity contribution >= 4 is 5.91 Å². The Labute approximate surface area is 129 Å².